The van der Waals surface area contributed by atoms with E-state index in [1.807, 2.05) is 0 Å². The molecule has 0 atom stereocenters. The largest absolute Gasteiger partial charge is 0.478 e. The van der Waals surface area contributed by atoms with Crippen molar-refractivity contribution in [3.05, 3.63) is 51.1 Å². The van der Waals surface area contributed by atoms with Gasteiger partial charge in [-0.1, -0.05) is 34.8 Å². The molecule has 1 heterocycles. The van der Waals surface area contributed by atoms with Crippen molar-refractivity contribution in [1.82, 2.24) is 4.98 Å². The van der Waals surface area contributed by atoms with Crippen LogP contribution < -0.4 is 5.32 Å². The van der Waals surface area contributed by atoms with Gasteiger partial charge in [0.2, 0.25) is 0 Å². The molecule has 2 N–H and O–H groups in total. The van der Waals surface area contributed by atoms with Gasteiger partial charge >= 0.3 is 5.97 Å². The van der Waals surface area contributed by atoms with Crippen LogP contribution in [-0.4, -0.2) is 16.1 Å². The molecule has 0 unspecified atom stereocenters. The minimum Gasteiger partial charge on any atom is -0.478 e. The maximum atomic E-state index is 10.9. The Labute approximate surface area is 123 Å². The van der Waals surface area contributed by atoms with Gasteiger partial charge in [0.15, 0.2) is 0 Å². The summed E-state index contributed by atoms with van der Waals surface area (Å²) < 4.78 is 0. The van der Waals surface area contributed by atoms with E-state index >= 15 is 0 Å². The zero-order valence-electron chi connectivity index (χ0n) is 9.32. The first-order valence-corrected chi connectivity index (χ1v) is 6.21. The molecule has 0 amide bonds. The Morgan fingerprint density at radius 3 is 2.47 bits per heavy atom. The van der Waals surface area contributed by atoms with Gasteiger partial charge in [-0.25, -0.2) is 9.78 Å². The van der Waals surface area contributed by atoms with Gasteiger partial charge in [-0.3, -0.25) is 0 Å². The van der Waals surface area contributed by atoms with Gasteiger partial charge < -0.3 is 10.4 Å². The molecule has 1 aromatic heterocycles. The van der Waals surface area contributed by atoms with E-state index in [1.165, 1.54) is 12.3 Å². The highest BCUT2D eigenvalue weighted by Crippen LogP contribution is 2.27. The maximum absolute atomic E-state index is 10.9. The number of anilines is 2. The zero-order valence-corrected chi connectivity index (χ0v) is 11.6. The number of pyridine rings is 1. The molecular formula is C12H7Cl3N2O2. The number of carboxylic acid groups (broad SMARTS) is 1. The second-order valence-corrected chi connectivity index (χ2v) is 4.83. The number of hydrogen-bond donors (Lipinski definition) is 2. The number of hydrogen-bond acceptors (Lipinski definition) is 3. The van der Waals surface area contributed by atoms with Gasteiger partial charge in [0.1, 0.15) is 5.82 Å². The standard InChI is InChI=1S/C12H7Cl3N2O2/c13-8-2-1-6(3-9(8)14)17-11-4-7(12(18)19)10(15)5-16-11/h1-5H,(H,16,17)(H,18,19). The van der Waals surface area contributed by atoms with E-state index in [9.17, 15) is 4.79 Å². The van der Waals surface area contributed by atoms with Gasteiger partial charge in [0, 0.05) is 11.9 Å². The summed E-state index contributed by atoms with van der Waals surface area (Å²) in [5.41, 5.74) is 0.611. The molecule has 2 aromatic rings. The Morgan fingerprint density at radius 1 is 1.11 bits per heavy atom. The average Bonchev–Trinajstić information content (AvgIpc) is 2.36. The monoisotopic (exact) mass is 316 g/mol. The van der Waals surface area contributed by atoms with Crippen LogP contribution in [0.1, 0.15) is 10.4 Å². The highest BCUT2D eigenvalue weighted by atomic mass is 35.5. The molecule has 7 heteroatoms. The summed E-state index contributed by atoms with van der Waals surface area (Å²) in [6.45, 7) is 0. The third-order valence-electron chi connectivity index (χ3n) is 2.28. The van der Waals surface area contributed by atoms with E-state index in [0.29, 0.717) is 21.6 Å². The fraction of sp³-hybridized carbons (Fsp3) is 0. The smallest absolute Gasteiger partial charge is 0.337 e. The molecular weight excluding hydrogens is 311 g/mol. The number of benzene rings is 1. The van der Waals surface area contributed by atoms with Crippen LogP contribution >= 0.6 is 34.8 Å². The fourth-order valence-electron chi connectivity index (χ4n) is 1.39. The molecule has 0 bridgehead atoms. The van der Waals surface area contributed by atoms with E-state index < -0.39 is 5.97 Å². The molecule has 0 fully saturated rings. The van der Waals surface area contributed by atoms with Crippen molar-refractivity contribution in [2.45, 2.75) is 0 Å². The van der Waals surface area contributed by atoms with Crippen LogP contribution in [0.5, 0.6) is 0 Å². The first-order valence-electron chi connectivity index (χ1n) is 5.08. The lowest BCUT2D eigenvalue weighted by molar-refractivity contribution is 0.0697. The molecule has 0 spiro atoms. The quantitative estimate of drug-likeness (QED) is 0.876. The van der Waals surface area contributed by atoms with Crippen LogP contribution in [0.15, 0.2) is 30.5 Å². The predicted octanol–water partition coefficient (Wildman–Crippen LogP) is 4.48. The average molecular weight is 318 g/mol. The normalized spacial score (nSPS) is 10.3. The summed E-state index contributed by atoms with van der Waals surface area (Å²) >= 11 is 17.4. The molecule has 2 rings (SSSR count). The van der Waals surface area contributed by atoms with E-state index in [2.05, 4.69) is 10.3 Å². The molecule has 0 saturated carbocycles. The molecule has 0 saturated heterocycles. The van der Waals surface area contributed by atoms with Crippen molar-refractivity contribution in [3.8, 4) is 0 Å². The van der Waals surface area contributed by atoms with Crippen molar-refractivity contribution in [3.63, 3.8) is 0 Å². The van der Waals surface area contributed by atoms with Crippen molar-refractivity contribution < 1.29 is 9.90 Å². The zero-order chi connectivity index (χ0) is 14.0. The Hall–Kier alpha value is -1.49. The molecule has 0 aliphatic carbocycles. The van der Waals surface area contributed by atoms with Crippen molar-refractivity contribution in [2.75, 3.05) is 5.32 Å². The topological polar surface area (TPSA) is 62.2 Å². The van der Waals surface area contributed by atoms with Crippen LogP contribution in [0.25, 0.3) is 0 Å². The third-order valence-corrected chi connectivity index (χ3v) is 3.32. The number of nitrogens with one attached hydrogen (secondary N) is 1. The molecule has 98 valence electrons. The highest BCUT2D eigenvalue weighted by molar-refractivity contribution is 6.42. The lowest BCUT2D eigenvalue weighted by Crippen LogP contribution is -2.01. The van der Waals surface area contributed by atoms with Gasteiger partial charge in [0.05, 0.1) is 20.6 Å². The Bertz CT molecular complexity index is 647. The lowest BCUT2D eigenvalue weighted by Gasteiger charge is -2.08. The van der Waals surface area contributed by atoms with E-state index in [1.54, 1.807) is 18.2 Å². The van der Waals surface area contributed by atoms with Gasteiger partial charge in [-0.15, -0.1) is 0 Å². The summed E-state index contributed by atoms with van der Waals surface area (Å²) in [5.74, 6) is -0.773. The number of aromatic nitrogens is 1. The summed E-state index contributed by atoms with van der Waals surface area (Å²) in [5, 5.41) is 12.8. The van der Waals surface area contributed by atoms with Gasteiger partial charge in [-0.05, 0) is 24.3 Å². The minimum absolute atomic E-state index is 0.0285. The Morgan fingerprint density at radius 2 is 1.84 bits per heavy atom. The maximum Gasteiger partial charge on any atom is 0.337 e. The molecule has 4 nitrogen and oxygen atoms in total. The third kappa shape index (κ3) is 3.29. The van der Waals surface area contributed by atoms with E-state index in [0.717, 1.165) is 0 Å². The number of nitrogens with zero attached hydrogens (tertiary/aromatic N) is 1. The molecule has 19 heavy (non-hydrogen) atoms. The minimum atomic E-state index is -1.12. The first kappa shape index (κ1) is 13.9. The summed E-state index contributed by atoms with van der Waals surface area (Å²) in [7, 11) is 0. The second-order valence-electron chi connectivity index (χ2n) is 3.61. The van der Waals surface area contributed by atoms with E-state index in [-0.39, 0.29) is 10.6 Å². The SMILES string of the molecule is O=C(O)c1cc(Nc2ccc(Cl)c(Cl)c2)ncc1Cl. The summed E-state index contributed by atoms with van der Waals surface area (Å²) in [6.07, 6.45) is 1.27. The van der Waals surface area contributed by atoms with Crippen molar-refractivity contribution >= 4 is 52.3 Å². The molecule has 0 aliphatic heterocycles. The van der Waals surface area contributed by atoms with Crippen LogP contribution in [0.2, 0.25) is 15.1 Å². The molecule has 0 radical (unpaired) electrons. The predicted molar refractivity (Wildman–Crippen MR) is 76.0 cm³/mol. The van der Waals surface area contributed by atoms with E-state index in [4.69, 9.17) is 39.9 Å². The number of rotatable bonds is 3. The van der Waals surface area contributed by atoms with Crippen LogP contribution in [-0.2, 0) is 0 Å². The number of carboxylic acids is 1. The Kier molecular flexibility index (Phi) is 4.14. The number of aromatic carboxylic acids is 1. The van der Waals surface area contributed by atoms with Gasteiger partial charge in [0.25, 0.3) is 0 Å². The molecule has 1 aromatic carbocycles. The van der Waals surface area contributed by atoms with Crippen LogP contribution in [0, 0.1) is 0 Å². The summed E-state index contributed by atoms with van der Waals surface area (Å²) in [6, 6.07) is 6.28. The molecule has 0 aliphatic rings. The van der Waals surface area contributed by atoms with Crippen molar-refractivity contribution in [1.29, 1.82) is 0 Å². The number of carbonyl (C=O) groups is 1. The number of halogens is 3. The second kappa shape index (κ2) is 5.65. The first-order chi connectivity index (χ1) is 8.97. The van der Waals surface area contributed by atoms with Crippen LogP contribution in [0.3, 0.4) is 0 Å². The lowest BCUT2D eigenvalue weighted by atomic mass is 10.2. The highest BCUT2D eigenvalue weighted by Gasteiger charge is 2.10. The van der Waals surface area contributed by atoms with Crippen LogP contribution in [0.4, 0.5) is 11.5 Å². The van der Waals surface area contributed by atoms with Crippen molar-refractivity contribution in [2.24, 2.45) is 0 Å². The fourth-order valence-corrected chi connectivity index (χ4v) is 1.87. The van der Waals surface area contributed by atoms with Gasteiger partial charge in [-0.2, -0.15) is 0 Å². The Balaban J connectivity index is 2.30. The summed E-state index contributed by atoms with van der Waals surface area (Å²) in [4.78, 5) is 14.9.